The second kappa shape index (κ2) is 4.30. The Labute approximate surface area is 94.9 Å². The SMILES string of the molecule is CCOC(=O)c1cc2c(CO)csc2s1. The fourth-order valence-corrected chi connectivity index (χ4v) is 3.49. The van der Waals surface area contributed by atoms with Crippen molar-refractivity contribution >= 4 is 38.0 Å². The van der Waals surface area contributed by atoms with Gasteiger partial charge in [0.2, 0.25) is 0 Å². The van der Waals surface area contributed by atoms with Gasteiger partial charge in [0.25, 0.3) is 0 Å². The van der Waals surface area contributed by atoms with Crippen molar-refractivity contribution in [3.05, 3.63) is 21.9 Å². The number of ether oxygens (including phenoxy) is 1. The van der Waals surface area contributed by atoms with E-state index in [-0.39, 0.29) is 12.6 Å². The topological polar surface area (TPSA) is 46.5 Å². The maximum Gasteiger partial charge on any atom is 0.348 e. The van der Waals surface area contributed by atoms with Crippen LogP contribution in [0.5, 0.6) is 0 Å². The van der Waals surface area contributed by atoms with Crippen LogP contribution < -0.4 is 0 Å². The summed E-state index contributed by atoms with van der Waals surface area (Å²) in [5, 5.41) is 12.0. The fraction of sp³-hybridized carbons (Fsp3) is 0.300. The van der Waals surface area contributed by atoms with Gasteiger partial charge in [-0.05, 0) is 23.9 Å². The molecule has 80 valence electrons. The number of rotatable bonds is 3. The molecule has 1 N–H and O–H groups in total. The van der Waals surface area contributed by atoms with Crippen molar-refractivity contribution in [3.8, 4) is 0 Å². The Balaban J connectivity index is 2.38. The third kappa shape index (κ3) is 1.90. The van der Waals surface area contributed by atoms with Gasteiger partial charge >= 0.3 is 5.97 Å². The van der Waals surface area contributed by atoms with Gasteiger partial charge in [-0.3, -0.25) is 0 Å². The molecule has 0 unspecified atom stereocenters. The highest BCUT2D eigenvalue weighted by Crippen LogP contribution is 2.34. The van der Waals surface area contributed by atoms with Gasteiger partial charge in [-0.2, -0.15) is 0 Å². The Bertz CT molecular complexity index is 484. The minimum Gasteiger partial charge on any atom is -0.462 e. The van der Waals surface area contributed by atoms with Gasteiger partial charge in [0, 0.05) is 5.39 Å². The van der Waals surface area contributed by atoms with Gasteiger partial charge in [0.1, 0.15) is 4.88 Å². The van der Waals surface area contributed by atoms with Crippen molar-refractivity contribution in [2.75, 3.05) is 6.61 Å². The minimum atomic E-state index is -0.283. The third-order valence-corrected chi connectivity index (χ3v) is 4.28. The molecule has 0 aliphatic rings. The number of aliphatic hydroxyl groups is 1. The van der Waals surface area contributed by atoms with Crippen LogP contribution in [0, 0.1) is 0 Å². The van der Waals surface area contributed by atoms with Crippen LogP contribution in [0.25, 0.3) is 9.40 Å². The molecular formula is C10H10O3S2. The van der Waals surface area contributed by atoms with E-state index >= 15 is 0 Å². The molecule has 0 aliphatic heterocycles. The summed E-state index contributed by atoms with van der Waals surface area (Å²) in [6.45, 7) is 2.18. The first kappa shape index (κ1) is 10.6. The van der Waals surface area contributed by atoms with Crippen LogP contribution in [-0.4, -0.2) is 17.7 Å². The van der Waals surface area contributed by atoms with Gasteiger partial charge in [-0.1, -0.05) is 0 Å². The van der Waals surface area contributed by atoms with E-state index in [0.29, 0.717) is 11.5 Å². The molecule has 2 aromatic heterocycles. The normalized spacial score (nSPS) is 10.8. The largest absolute Gasteiger partial charge is 0.462 e. The van der Waals surface area contributed by atoms with Crippen LogP contribution in [0.15, 0.2) is 11.4 Å². The highest BCUT2D eigenvalue weighted by molar-refractivity contribution is 7.38. The summed E-state index contributed by atoms with van der Waals surface area (Å²) in [5.41, 5.74) is 0.877. The molecule has 0 atom stereocenters. The summed E-state index contributed by atoms with van der Waals surface area (Å²) >= 11 is 2.96. The lowest BCUT2D eigenvalue weighted by atomic mass is 10.2. The van der Waals surface area contributed by atoms with E-state index in [1.165, 1.54) is 11.3 Å². The van der Waals surface area contributed by atoms with Crippen LogP contribution in [0.1, 0.15) is 22.2 Å². The minimum absolute atomic E-state index is 0.0129. The predicted molar refractivity (Wildman–Crippen MR) is 61.6 cm³/mol. The molecule has 0 bridgehead atoms. The molecule has 0 saturated heterocycles. The molecule has 0 radical (unpaired) electrons. The molecule has 5 heteroatoms. The Morgan fingerprint density at radius 3 is 3.07 bits per heavy atom. The first-order valence-electron chi connectivity index (χ1n) is 4.54. The molecule has 15 heavy (non-hydrogen) atoms. The summed E-state index contributed by atoms with van der Waals surface area (Å²) in [6, 6.07) is 1.79. The second-order valence-electron chi connectivity index (χ2n) is 2.95. The molecule has 0 fully saturated rings. The van der Waals surface area contributed by atoms with E-state index in [2.05, 4.69) is 0 Å². The summed E-state index contributed by atoms with van der Waals surface area (Å²) in [4.78, 5) is 12.0. The number of hydrogen-bond donors (Lipinski definition) is 1. The zero-order valence-electron chi connectivity index (χ0n) is 8.15. The van der Waals surface area contributed by atoms with Crippen molar-refractivity contribution < 1.29 is 14.6 Å². The quantitative estimate of drug-likeness (QED) is 0.842. The highest BCUT2D eigenvalue weighted by atomic mass is 32.2. The number of hydrogen-bond acceptors (Lipinski definition) is 5. The van der Waals surface area contributed by atoms with Gasteiger partial charge in [0.05, 0.1) is 17.2 Å². The molecule has 3 nitrogen and oxygen atoms in total. The molecule has 0 aromatic carbocycles. The van der Waals surface area contributed by atoms with Crippen molar-refractivity contribution in [1.29, 1.82) is 0 Å². The molecule has 2 heterocycles. The summed E-state index contributed by atoms with van der Waals surface area (Å²) in [6.07, 6.45) is 0. The molecule has 2 aromatic rings. The molecular weight excluding hydrogens is 232 g/mol. The lowest BCUT2D eigenvalue weighted by molar-refractivity contribution is 0.0532. The molecule has 0 aliphatic carbocycles. The van der Waals surface area contributed by atoms with Crippen LogP contribution in [-0.2, 0) is 11.3 Å². The number of carbonyl (C=O) groups excluding carboxylic acids is 1. The van der Waals surface area contributed by atoms with E-state index in [0.717, 1.165) is 15.0 Å². The van der Waals surface area contributed by atoms with Gasteiger partial charge in [-0.25, -0.2) is 4.79 Å². The van der Waals surface area contributed by atoms with Gasteiger partial charge in [0.15, 0.2) is 0 Å². The van der Waals surface area contributed by atoms with Crippen molar-refractivity contribution in [3.63, 3.8) is 0 Å². The average molecular weight is 242 g/mol. The Morgan fingerprint density at radius 1 is 1.60 bits per heavy atom. The van der Waals surface area contributed by atoms with Crippen LogP contribution >= 0.6 is 22.7 Å². The zero-order chi connectivity index (χ0) is 10.8. The standard InChI is InChI=1S/C10H10O3S2/c1-2-13-9(12)8-3-7-6(4-11)5-14-10(7)15-8/h3,5,11H,2,4H2,1H3. The molecule has 0 amide bonds. The van der Waals surface area contributed by atoms with E-state index in [1.54, 1.807) is 24.3 Å². The number of fused-ring (bicyclic) bond motifs is 1. The molecule has 2 rings (SSSR count). The monoisotopic (exact) mass is 242 g/mol. The van der Waals surface area contributed by atoms with Crippen LogP contribution in [0.3, 0.4) is 0 Å². The van der Waals surface area contributed by atoms with Gasteiger partial charge < -0.3 is 9.84 Å². The van der Waals surface area contributed by atoms with Crippen molar-refractivity contribution in [1.82, 2.24) is 0 Å². The van der Waals surface area contributed by atoms with Crippen molar-refractivity contribution in [2.45, 2.75) is 13.5 Å². The molecule has 0 saturated carbocycles. The van der Waals surface area contributed by atoms with Crippen LogP contribution in [0.2, 0.25) is 0 Å². The smallest absolute Gasteiger partial charge is 0.348 e. The third-order valence-electron chi connectivity index (χ3n) is 2.00. The van der Waals surface area contributed by atoms with Crippen molar-refractivity contribution in [2.24, 2.45) is 0 Å². The van der Waals surface area contributed by atoms with E-state index < -0.39 is 0 Å². The molecule has 0 spiro atoms. The average Bonchev–Trinajstić information content (AvgIpc) is 2.76. The number of thiophene rings is 2. The van der Waals surface area contributed by atoms with E-state index in [1.807, 2.05) is 5.38 Å². The Kier molecular flexibility index (Phi) is 3.04. The number of carbonyl (C=O) groups is 1. The fourth-order valence-electron chi connectivity index (χ4n) is 1.30. The number of aliphatic hydroxyl groups excluding tert-OH is 1. The lowest BCUT2D eigenvalue weighted by Gasteiger charge is -1.96. The highest BCUT2D eigenvalue weighted by Gasteiger charge is 2.14. The Hall–Kier alpha value is -0.910. The zero-order valence-corrected chi connectivity index (χ0v) is 9.78. The first-order valence-corrected chi connectivity index (χ1v) is 6.23. The lowest BCUT2D eigenvalue weighted by Crippen LogP contribution is -2.01. The summed E-state index contributed by atoms with van der Waals surface area (Å²) in [7, 11) is 0. The summed E-state index contributed by atoms with van der Waals surface area (Å²) < 4.78 is 5.97. The predicted octanol–water partition coefficient (Wildman–Crippen LogP) is 2.63. The summed E-state index contributed by atoms with van der Waals surface area (Å²) in [5.74, 6) is -0.283. The number of esters is 1. The second-order valence-corrected chi connectivity index (χ2v) is 5.14. The maximum absolute atomic E-state index is 11.4. The van der Waals surface area contributed by atoms with E-state index in [4.69, 9.17) is 9.84 Å². The first-order chi connectivity index (χ1) is 7.26. The maximum atomic E-state index is 11.4. The van der Waals surface area contributed by atoms with Crippen LogP contribution in [0.4, 0.5) is 0 Å². The van der Waals surface area contributed by atoms with E-state index in [9.17, 15) is 4.79 Å². The van der Waals surface area contributed by atoms with Gasteiger partial charge in [-0.15, -0.1) is 22.7 Å². The Morgan fingerprint density at radius 2 is 2.40 bits per heavy atom.